The number of aliphatic hydroxyl groups excluding tert-OH is 6. The van der Waals surface area contributed by atoms with Crippen LogP contribution in [0.3, 0.4) is 0 Å². The average Bonchev–Trinajstić information content (AvgIpc) is 3.25. The summed E-state index contributed by atoms with van der Waals surface area (Å²) >= 11 is 0. The smallest absolute Gasteiger partial charge is 0.187 e. The molecule has 5 rings (SSSR count). The molecule has 9 heteroatoms. The summed E-state index contributed by atoms with van der Waals surface area (Å²) < 4.78 is 12.0. The topological polar surface area (TPSA) is 157 Å². The van der Waals surface area contributed by atoms with Gasteiger partial charge in [0.1, 0.15) is 30.7 Å². The van der Waals surface area contributed by atoms with Gasteiger partial charge in [0.15, 0.2) is 6.29 Å². The van der Waals surface area contributed by atoms with Gasteiger partial charge in [-0.1, -0.05) is 57.9 Å². The number of carbonyl (C=O) groups excluding carboxylic acids is 1. The Kier molecular flexibility index (Phi) is 9.66. The highest BCUT2D eigenvalue weighted by molar-refractivity contribution is 5.65. The van der Waals surface area contributed by atoms with Gasteiger partial charge in [-0.3, -0.25) is 0 Å². The second-order valence-electron chi connectivity index (χ2n) is 16.5. The van der Waals surface area contributed by atoms with Gasteiger partial charge in [-0.25, -0.2) is 0 Å². The first-order valence-electron chi connectivity index (χ1n) is 17.1. The van der Waals surface area contributed by atoms with Crippen LogP contribution in [-0.2, 0) is 14.3 Å². The van der Waals surface area contributed by atoms with Crippen molar-refractivity contribution in [2.24, 2.45) is 45.3 Å². The van der Waals surface area contributed by atoms with E-state index in [9.17, 15) is 35.4 Å². The van der Waals surface area contributed by atoms with Crippen LogP contribution >= 0.6 is 0 Å². The van der Waals surface area contributed by atoms with Gasteiger partial charge in [-0.05, 0) is 87.4 Å². The summed E-state index contributed by atoms with van der Waals surface area (Å²) in [5.74, 6) is 0.285. The van der Waals surface area contributed by atoms with Crippen molar-refractivity contribution in [3.05, 3.63) is 23.3 Å². The zero-order chi connectivity index (χ0) is 33.3. The summed E-state index contributed by atoms with van der Waals surface area (Å²) in [6.45, 7) is 14.4. The Morgan fingerprint density at radius 1 is 0.978 bits per heavy atom. The molecular weight excluding hydrogens is 576 g/mol. The number of hydrogen-bond donors (Lipinski definition) is 6. The largest absolute Gasteiger partial charge is 0.394 e. The monoisotopic (exact) mass is 634 g/mol. The van der Waals surface area contributed by atoms with Crippen molar-refractivity contribution in [3.8, 4) is 0 Å². The van der Waals surface area contributed by atoms with Gasteiger partial charge in [-0.2, -0.15) is 0 Å². The zero-order valence-corrected chi connectivity index (χ0v) is 28.2. The van der Waals surface area contributed by atoms with Crippen molar-refractivity contribution in [3.63, 3.8) is 0 Å². The van der Waals surface area contributed by atoms with Gasteiger partial charge in [0.25, 0.3) is 0 Å². The Morgan fingerprint density at radius 2 is 1.67 bits per heavy atom. The quantitative estimate of drug-likeness (QED) is 0.174. The minimum atomic E-state index is -1.50. The maximum Gasteiger partial charge on any atom is 0.187 e. The number of carbonyl (C=O) groups is 1. The molecule has 45 heavy (non-hydrogen) atoms. The van der Waals surface area contributed by atoms with Crippen LogP contribution in [0.2, 0.25) is 0 Å². The first-order chi connectivity index (χ1) is 21.0. The number of aliphatic hydroxyl groups is 6. The van der Waals surface area contributed by atoms with Crippen LogP contribution in [0.5, 0.6) is 0 Å². The third-order valence-electron chi connectivity index (χ3n) is 13.6. The lowest BCUT2D eigenvalue weighted by Crippen LogP contribution is -2.64. The Labute approximate surface area is 268 Å². The molecule has 4 aliphatic carbocycles. The molecule has 15 atom stereocenters. The third kappa shape index (κ3) is 5.41. The number of allylic oxidation sites excluding steroid dienone is 1. The van der Waals surface area contributed by atoms with E-state index in [1.807, 2.05) is 39.8 Å². The van der Waals surface area contributed by atoms with E-state index < -0.39 is 66.5 Å². The molecule has 5 aliphatic rings. The Morgan fingerprint density at radius 3 is 2.29 bits per heavy atom. The molecule has 1 heterocycles. The van der Waals surface area contributed by atoms with Crippen LogP contribution in [0.1, 0.15) is 93.4 Å². The molecule has 0 bridgehead atoms. The molecule has 1 saturated heterocycles. The van der Waals surface area contributed by atoms with Crippen LogP contribution in [0.15, 0.2) is 23.3 Å². The van der Waals surface area contributed by atoms with Crippen molar-refractivity contribution < 1.29 is 44.9 Å². The molecule has 9 nitrogen and oxygen atoms in total. The number of fused-ring (bicyclic) bond motifs is 5. The highest BCUT2D eigenvalue weighted by Crippen LogP contribution is 2.74. The lowest BCUT2D eigenvalue weighted by atomic mass is 9.38. The molecule has 0 aromatic heterocycles. The number of aldehydes is 1. The molecule has 0 unspecified atom stereocenters. The first-order valence-corrected chi connectivity index (χ1v) is 17.1. The fraction of sp³-hybridized carbons (Fsp3) is 0.861. The highest BCUT2D eigenvalue weighted by Gasteiger charge is 2.70. The molecule has 4 fully saturated rings. The number of rotatable bonds is 8. The molecule has 1 aliphatic heterocycles. The van der Waals surface area contributed by atoms with Gasteiger partial charge >= 0.3 is 0 Å². The summed E-state index contributed by atoms with van der Waals surface area (Å²) in [7, 11) is 0. The Hall–Kier alpha value is -1.17. The molecule has 256 valence electrons. The van der Waals surface area contributed by atoms with E-state index in [4.69, 9.17) is 9.47 Å². The van der Waals surface area contributed by atoms with Crippen LogP contribution in [0, 0.1) is 45.3 Å². The van der Waals surface area contributed by atoms with E-state index in [1.54, 1.807) is 0 Å². The fourth-order valence-corrected chi connectivity index (χ4v) is 11.0. The fourth-order valence-electron chi connectivity index (χ4n) is 11.0. The standard InChI is InChI=1S/C36H58O9/c1-19(2)14-21(44-32-30(43)29(42)28(41)26(17-37)45-32)15-20(3)22-10-11-35(7)31-25(39)16-24-23(8-9-27(40)33(24,4)5)36(31,18-38)13-12-34(22,35)6/h14,16,18,20-23,25-32,37,39-43H,8-13,15,17H2,1-7H3/t20-,21+,22-,23-,25+,26-,27+,28-,29+,30-,31+,32-,34-,35+,36-/m1/s1. The van der Waals surface area contributed by atoms with E-state index >= 15 is 0 Å². The SMILES string of the molecule is CC(C)=C[C@@H](C[C@@H](C)[C@H]1CC[C@@]2(C)[C@@H]3[C@@H](O)C=C4[C@@H](CC[C@H](O)C4(C)C)[C@]3(C=O)CC[C@]12C)O[C@@H]1O[C@H](CO)[C@@H](O)[C@H](O)[C@H]1O. The van der Waals surface area contributed by atoms with Crippen molar-refractivity contribution in [1.29, 1.82) is 0 Å². The van der Waals surface area contributed by atoms with Crippen molar-refractivity contribution >= 4 is 6.29 Å². The lowest BCUT2D eigenvalue weighted by Gasteiger charge is -2.66. The minimum absolute atomic E-state index is 0.0219. The predicted molar refractivity (Wildman–Crippen MR) is 169 cm³/mol. The van der Waals surface area contributed by atoms with Crippen LogP contribution in [-0.4, -0.2) is 92.5 Å². The van der Waals surface area contributed by atoms with Gasteiger partial charge in [0.2, 0.25) is 0 Å². The molecule has 3 saturated carbocycles. The molecule has 0 spiro atoms. The average molecular weight is 635 g/mol. The summed E-state index contributed by atoms with van der Waals surface area (Å²) in [5.41, 5.74) is 0.502. The van der Waals surface area contributed by atoms with E-state index in [1.165, 1.54) is 6.29 Å². The molecular formula is C36H58O9. The maximum absolute atomic E-state index is 13.3. The second-order valence-corrected chi connectivity index (χ2v) is 16.5. The highest BCUT2D eigenvalue weighted by atomic mass is 16.7. The van der Waals surface area contributed by atoms with E-state index in [0.717, 1.165) is 36.8 Å². The first kappa shape index (κ1) is 35.1. The predicted octanol–water partition coefficient (Wildman–Crippen LogP) is 3.28. The van der Waals surface area contributed by atoms with E-state index in [-0.39, 0.29) is 28.6 Å². The van der Waals surface area contributed by atoms with E-state index in [2.05, 4.69) is 20.8 Å². The third-order valence-corrected chi connectivity index (χ3v) is 13.6. The van der Waals surface area contributed by atoms with Gasteiger partial charge in [-0.15, -0.1) is 0 Å². The Balaban J connectivity index is 1.41. The van der Waals surface area contributed by atoms with Gasteiger partial charge < -0.3 is 44.9 Å². The minimum Gasteiger partial charge on any atom is -0.394 e. The molecule has 0 radical (unpaired) electrons. The van der Waals surface area contributed by atoms with Crippen molar-refractivity contribution in [1.82, 2.24) is 0 Å². The Bertz CT molecular complexity index is 1160. The number of hydrogen-bond acceptors (Lipinski definition) is 9. The maximum atomic E-state index is 13.3. The van der Waals surface area contributed by atoms with E-state index in [0.29, 0.717) is 25.2 Å². The van der Waals surface area contributed by atoms with Crippen molar-refractivity contribution in [2.75, 3.05) is 6.61 Å². The summed E-state index contributed by atoms with van der Waals surface area (Å²) in [4.78, 5) is 13.3. The second kappa shape index (κ2) is 12.4. The molecule has 6 N–H and O–H groups in total. The molecule has 0 aromatic carbocycles. The normalized spacial score (nSPS) is 48.7. The summed E-state index contributed by atoms with van der Waals surface area (Å²) in [6.07, 6.45) is 2.26. The molecule has 0 aromatic rings. The lowest BCUT2D eigenvalue weighted by molar-refractivity contribution is -0.308. The van der Waals surface area contributed by atoms with Gasteiger partial charge in [0, 0.05) is 16.7 Å². The van der Waals surface area contributed by atoms with Crippen molar-refractivity contribution in [2.45, 2.75) is 142 Å². The van der Waals surface area contributed by atoms with Crippen LogP contribution < -0.4 is 0 Å². The molecule has 0 amide bonds. The number of ether oxygens (including phenoxy) is 2. The summed E-state index contributed by atoms with van der Waals surface area (Å²) in [6, 6.07) is 0. The van der Waals surface area contributed by atoms with Crippen LogP contribution in [0.25, 0.3) is 0 Å². The van der Waals surface area contributed by atoms with Gasteiger partial charge in [0.05, 0.1) is 24.9 Å². The zero-order valence-electron chi connectivity index (χ0n) is 28.2. The van der Waals surface area contributed by atoms with Crippen LogP contribution in [0.4, 0.5) is 0 Å². The summed E-state index contributed by atoms with van der Waals surface area (Å²) in [5, 5.41) is 63.6.